The molecule has 0 spiro atoms. The summed E-state index contributed by atoms with van der Waals surface area (Å²) < 4.78 is 9.17. The van der Waals surface area contributed by atoms with E-state index in [0.717, 1.165) is 5.69 Å². The second kappa shape index (κ2) is 8.81. The van der Waals surface area contributed by atoms with E-state index in [-0.39, 0.29) is 11.1 Å². The van der Waals surface area contributed by atoms with Gasteiger partial charge >= 0.3 is 0 Å². The fraction of sp³-hybridized carbons (Fsp3) is 0.115. The lowest BCUT2D eigenvalue weighted by molar-refractivity contribution is 0.102. The van der Waals surface area contributed by atoms with Gasteiger partial charge in [-0.1, -0.05) is 29.8 Å². The molecule has 0 atom stereocenters. The van der Waals surface area contributed by atoms with Crippen LogP contribution in [0.5, 0.6) is 11.5 Å². The third kappa shape index (κ3) is 3.98. The highest BCUT2D eigenvalue weighted by molar-refractivity contribution is 6.36. The van der Waals surface area contributed by atoms with E-state index < -0.39 is 5.91 Å². The predicted molar refractivity (Wildman–Crippen MR) is 136 cm³/mol. The fourth-order valence-corrected chi connectivity index (χ4v) is 4.24. The molecule has 0 radical (unpaired) electrons. The number of fused-ring (bicyclic) bond motifs is 1. The first-order valence-corrected chi connectivity index (χ1v) is 11.3. The van der Waals surface area contributed by atoms with Crippen LogP contribution in [0.1, 0.15) is 21.7 Å². The van der Waals surface area contributed by atoms with Gasteiger partial charge in [0.25, 0.3) is 11.5 Å². The van der Waals surface area contributed by atoms with E-state index in [1.165, 1.54) is 4.68 Å². The topological polar surface area (TPSA) is 93.9 Å². The number of nitrogens with one attached hydrogen (secondary N) is 2. The van der Waals surface area contributed by atoms with Crippen LogP contribution in [0.25, 0.3) is 16.7 Å². The first kappa shape index (κ1) is 22.5. The van der Waals surface area contributed by atoms with Gasteiger partial charge in [0.1, 0.15) is 22.7 Å². The van der Waals surface area contributed by atoms with Gasteiger partial charge in [-0.05, 0) is 56.3 Å². The molecule has 0 bridgehead atoms. The van der Waals surface area contributed by atoms with Gasteiger partial charge in [-0.3, -0.25) is 14.3 Å². The van der Waals surface area contributed by atoms with E-state index in [1.807, 2.05) is 37.3 Å². The van der Waals surface area contributed by atoms with Crippen molar-refractivity contribution in [1.82, 2.24) is 19.3 Å². The Labute approximate surface area is 205 Å². The highest BCUT2D eigenvalue weighted by Gasteiger charge is 2.22. The lowest BCUT2D eigenvalue weighted by Gasteiger charge is -2.09. The minimum Gasteiger partial charge on any atom is -0.456 e. The van der Waals surface area contributed by atoms with E-state index in [4.69, 9.17) is 16.3 Å². The molecule has 35 heavy (non-hydrogen) atoms. The number of benzene rings is 2. The summed E-state index contributed by atoms with van der Waals surface area (Å²) in [6.07, 6.45) is 1.64. The molecule has 0 fully saturated rings. The number of aromatic amines is 1. The average molecular weight is 488 g/mol. The third-order valence-electron chi connectivity index (χ3n) is 5.89. The summed E-state index contributed by atoms with van der Waals surface area (Å²) in [6, 6.07) is 17.8. The van der Waals surface area contributed by atoms with Crippen molar-refractivity contribution in [3.8, 4) is 17.2 Å². The Balaban J connectivity index is 1.38. The molecule has 8 nitrogen and oxygen atoms in total. The van der Waals surface area contributed by atoms with Crippen LogP contribution in [-0.4, -0.2) is 25.2 Å². The first-order valence-electron chi connectivity index (χ1n) is 10.9. The van der Waals surface area contributed by atoms with E-state index in [1.54, 1.807) is 55.2 Å². The van der Waals surface area contributed by atoms with Crippen molar-refractivity contribution in [3.05, 3.63) is 99.2 Å². The monoisotopic (exact) mass is 487 g/mol. The van der Waals surface area contributed by atoms with E-state index in [0.29, 0.717) is 44.6 Å². The number of carbonyl (C=O) groups excluding carboxylic acids is 1. The molecule has 0 aliphatic rings. The van der Waals surface area contributed by atoms with Crippen molar-refractivity contribution in [2.24, 2.45) is 7.05 Å². The zero-order valence-electron chi connectivity index (χ0n) is 19.3. The number of H-pyrrole nitrogens is 1. The molecule has 0 aliphatic carbocycles. The number of aromatic nitrogens is 4. The van der Waals surface area contributed by atoms with Crippen molar-refractivity contribution >= 4 is 34.2 Å². The fourth-order valence-electron chi connectivity index (χ4n) is 4.01. The quantitative estimate of drug-likeness (QED) is 0.348. The summed E-state index contributed by atoms with van der Waals surface area (Å²) in [5.74, 6) is 0.659. The summed E-state index contributed by atoms with van der Waals surface area (Å²) in [5, 5.41) is 4.08. The average Bonchev–Trinajstić information content (AvgIpc) is 3.27. The highest BCUT2D eigenvalue weighted by Crippen LogP contribution is 2.35. The molecule has 5 rings (SSSR count). The number of para-hydroxylation sites is 1. The molecule has 9 heteroatoms. The number of amides is 1. The number of aryl methyl sites for hydroxylation is 1. The van der Waals surface area contributed by atoms with Crippen LogP contribution in [0, 0.1) is 13.8 Å². The molecule has 176 valence electrons. The maximum Gasteiger partial charge on any atom is 0.284 e. The van der Waals surface area contributed by atoms with Gasteiger partial charge in [0, 0.05) is 24.6 Å². The summed E-state index contributed by atoms with van der Waals surface area (Å²) in [4.78, 5) is 33.5. The zero-order valence-corrected chi connectivity index (χ0v) is 20.1. The van der Waals surface area contributed by atoms with Crippen LogP contribution in [0.2, 0.25) is 5.02 Å². The Morgan fingerprint density at radius 3 is 2.49 bits per heavy atom. The van der Waals surface area contributed by atoms with Crippen LogP contribution in [-0.2, 0) is 7.05 Å². The second-order valence-corrected chi connectivity index (χ2v) is 8.49. The van der Waals surface area contributed by atoms with Crippen molar-refractivity contribution in [3.63, 3.8) is 0 Å². The van der Waals surface area contributed by atoms with E-state index in [9.17, 15) is 9.59 Å². The van der Waals surface area contributed by atoms with Crippen molar-refractivity contribution in [2.45, 2.75) is 13.8 Å². The van der Waals surface area contributed by atoms with Gasteiger partial charge in [-0.25, -0.2) is 9.67 Å². The number of rotatable bonds is 5. The normalized spacial score (nSPS) is 11.1. The largest absolute Gasteiger partial charge is 0.456 e. The summed E-state index contributed by atoms with van der Waals surface area (Å²) in [7, 11) is 1.75. The van der Waals surface area contributed by atoms with Crippen LogP contribution < -0.4 is 15.6 Å². The first-order chi connectivity index (χ1) is 16.8. The predicted octanol–water partition coefficient (Wildman–Crippen LogP) is 5.37. The van der Waals surface area contributed by atoms with Crippen LogP contribution in [0.3, 0.4) is 0 Å². The standard InChI is InChI=1S/C26H22ClN5O3/c1-15-23(27)22-20(13-14-28-24(22)29-15)35-19-11-9-17(10-12-19)30-25(33)21-16(2)31(3)32(26(21)34)18-7-5-4-6-8-18/h4-14H,1-3H3,(H,28,29)(H,30,33). The Morgan fingerprint density at radius 1 is 1.06 bits per heavy atom. The number of nitrogens with zero attached hydrogens (tertiary/aromatic N) is 3. The van der Waals surface area contributed by atoms with Crippen LogP contribution >= 0.6 is 11.6 Å². The molecule has 5 aromatic rings. The summed E-state index contributed by atoms with van der Waals surface area (Å²) in [6.45, 7) is 3.62. The van der Waals surface area contributed by atoms with Gasteiger partial charge in [-0.2, -0.15) is 0 Å². The Kier molecular flexibility index (Phi) is 5.66. The summed E-state index contributed by atoms with van der Waals surface area (Å²) in [5.41, 5.74) is 2.95. The maximum absolute atomic E-state index is 13.1. The molecule has 1 amide bonds. The van der Waals surface area contributed by atoms with Crippen molar-refractivity contribution < 1.29 is 9.53 Å². The second-order valence-electron chi connectivity index (χ2n) is 8.11. The molecular weight excluding hydrogens is 466 g/mol. The molecule has 3 aromatic heterocycles. The van der Waals surface area contributed by atoms with Gasteiger partial charge in [0.2, 0.25) is 0 Å². The zero-order chi connectivity index (χ0) is 24.7. The Hall–Kier alpha value is -4.30. The van der Waals surface area contributed by atoms with Gasteiger partial charge < -0.3 is 15.0 Å². The SMILES string of the molecule is Cc1[nH]c2nccc(Oc3ccc(NC(=O)c4c(C)n(C)n(-c5ccccc5)c4=O)cc3)c2c1Cl. The number of ether oxygens (including phenoxy) is 1. The molecule has 0 aliphatic heterocycles. The molecule has 3 heterocycles. The molecule has 2 N–H and O–H groups in total. The Bertz CT molecular complexity index is 1620. The smallest absolute Gasteiger partial charge is 0.284 e. The van der Waals surface area contributed by atoms with Crippen molar-refractivity contribution in [2.75, 3.05) is 5.32 Å². The third-order valence-corrected chi connectivity index (χ3v) is 6.36. The van der Waals surface area contributed by atoms with E-state index in [2.05, 4.69) is 15.3 Å². The van der Waals surface area contributed by atoms with Crippen LogP contribution in [0.15, 0.2) is 71.7 Å². The van der Waals surface area contributed by atoms with Crippen LogP contribution in [0.4, 0.5) is 5.69 Å². The molecule has 0 unspecified atom stereocenters. The number of carbonyl (C=O) groups is 1. The highest BCUT2D eigenvalue weighted by atomic mass is 35.5. The van der Waals surface area contributed by atoms with Gasteiger partial charge in [0.15, 0.2) is 0 Å². The number of anilines is 1. The maximum atomic E-state index is 13.1. The molecule has 0 saturated carbocycles. The number of halogens is 1. The molecular formula is C26H22ClN5O3. The Morgan fingerprint density at radius 2 is 1.77 bits per heavy atom. The minimum absolute atomic E-state index is 0.0910. The van der Waals surface area contributed by atoms with E-state index >= 15 is 0 Å². The van der Waals surface area contributed by atoms with Gasteiger partial charge in [-0.15, -0.1) is 0 Å². The lowest BCUT2D eigenvalue weighted by Crippen LogP contribution is -2.25. The molecule has 0 saturated heterocycles. The number of hydrogen-bond acceptors (Lipinski definition) is 4. The number of hydrogen-bond donors (Lipinski definition) is 2. The summed E-state index contributed by atoms with van der Waals surface area (Å²) >= 11 is 6.40. The number of pyridine rings is 1. The lowest BCUT2D eigenvalue weighted by atomic mass is 10.2. The minimum atomic E-state index is -0.475. The van der Waals surface area contributed by atoms with Crippen molar-refractivity contribution in [1.29, 1.82) is 0 Å². The van der Waals surface area contributed by atoms with Gasteiger partial charge in [0.05, 0.1) is 21.8 Å². The molecule has 2 aromatic carbocycles.